The van der Waals surface area contributed by atoms with E-state index in [-0.39, 0.29) is 0 Å². The maximum atomic E-state index is 5.46. The standard InChI is InChI=1S/C22H28N4O2/c1-5-17-15(2)23-21-14-18(16-9-10-19(27-3)20(13-16)28-4)24-26(21)22(17)25-11-7-6-8-12-25/h9-10,13-14H,5-8,11-12H2,1-4H3. The first-order valence-electron chi connectivity index (χ1n) is 10.0. The van der Waals surface area contributed by atoms with Crippen LogP contribution in [0.25, 0.3) is 16.9 Å². The number of anilines is 1. The van der Waals surface area contributed by atoms with Crippen LogP contribution in [0.15, 0.2) is 24.3 Å². The summed E-state index contributed by atoms with van der Waals surface area (Å²) in [6, 6.07) is 7.95. The fourth-order valence-corrected chi connectivity index (χ4v) is 4.12. The zero-order valence-corrected chi connectivity index (χ0v) is 17.2. The molecule has 0 saturated carbocycles. The molecule has 1 saturated heterocycles. The summed E-state index contributed by atoms with van der Waals surface area (Å²) in [5.41, 5.74) is 5.15. The van der Waals surface area contributed by atoms with Crippen molar-refractivity contribution in [2.75, 3.05) is 32.2 Å². The third kappa shape index (κ3) is 3.17. The average molecular weight is 380 g/mol. The van der Waals surface area contributed by atoms with Crippen molar-refractivity contribution in [3.63, 3.8) is 0 Å². The van der Waals surface area contributed by atoms with E-state index >= 15 is 0 Å². The average Bonchev–Trinajstić information content (AvgIpc) is 3.16. The van der Waals surface area contributed by atoms with Gasteiger partial charge in [0.15, 0.2) is 17.1 Å². The summed E-state index contributed by atoms with van der Waals surface area (Å²) in [6.45, 7) is 6.46. The SMILES string of the molecule is CCc1c(C)nc2cc(-c3ccc(OC)c(OC)c3)nn2c1N1CCCCC1. The van der Waals surface area contributed by atoms with Gasteiger partial charge in [0.05, 0.1) is 19.9 Å². The van der Waals surface area contributed by atoms with Crippen molar-refractivity contribution >= 4 is 11.5 Å². The maximum absolute atomic E-state index is 5.46. The van der Waals surface area contributed by atoms with E-state index in [1.165, 1.54) is 30.6 Å². The summed E-state index contributed by atoms with van der Waals surface area (Å²) >= 11 is 0. The van der Waals surface area contributed by atoms with Crippen molar-refractivity contribution in [2.24, 2.45) is 0 Å². The number of ether oxygens (including phenoxy) is 2. The lowest BCUT2D eigenvalue weighted by atomic mass is 10.1. The van der Waals surface area contributed by atoms with Crippen molar-refractivity contribution in [1.82, 2.24) is 14.6 Å². The largest absolute Gasteiger partial charge is 0.493 e. The molecular weight excluding hydrogens is 352 g/mol. The first-order chi connectivity index (χ1) is 13.7. The molecular formula is C22H28N4O2. The quantitative estimate of drug-likeness (QED) is 0.661. The number of fused-ring (bicyclic) bond motifs is 1. The van der Waals surface area contributed by atoms with Crippen LogP contribution in [-0.4, -0.2) is 41.9 Å². The van der Waals surface area contributed by atoms with Crippen molar-refractivity contribution in [3.8, 4) is 22.8 Å². The molecule has 0 unspecified atom stereocenters. The second kappa shape index (κ2) is 7.70. The number of benzene rings is 1. The van der Waals surface area contributed by atoms with Gasteiger partial charge in [-0.3, -0.25) is 0 Å². The normalized spacial score (nSPS) is 14.5. The molecule has 0 aliphatic carbocycles. The lowest BCUT2D eigenvalue weighted by molar-refractivity contribution is 0.355. The van der Waals surface area contributed by atoms with Gasteiger partial charge in [-0.1, -0.05) is 6.92 Å². The molecule has 0 radical (unpaired) electrons. The Bertz CT molecular complexity index is 990. The smallest absolute Gasteiger partial charge is 0.161 e. The molecule has 1 aromatic carbocycles. The highest BCUT2D eigenvalue weighted by atomic mass is 16.5. The Morgan fingerprint density at radius 1 is 1.00 bits per heavy atom. The van der Waals surface area contributed by atoms with E-state index in [2.05, 4.69) is 24.8 Å². The van der Waals surface area contributed by atoms with Gasteiger partial charge >= 0.3 is 0 Å². The van der Waals surface area contributed by atoms with Crippen LogP contribution in [0.3, 0.4) is 0 Å². The number of hydrogen-bond acceptors (Lipinski definition) is 5. The van der Waals surface area contributed by atoms with E-state index in [1.807, 2.05) is 22.7 Å². The third-order valence-corrected chi connectivity index (χ3v) is 5.57. The molecule has 28 heavy (non-hydrogen) atoms. The Kier molecular flexibility index (Phi) is 5.11. The minimum Gasteiger partial charge on any atom is -0.493 e. The predicted molar refractivity (Wildman–Crippen MR) is 112 cm³/mol. The molecule has 1 fully saturated rings. The van der Waals surface area contributed by atoms with Gasteiger partial charge in [-0.2, -0.15) is 9.61 Å². The fourth-order valence-electron chi connectivity index (χ4n) is 4.12. The van der Waals surface area contributed by atoms with Crippen LogP contribution in [-0.2, 0) is 6.42 Å². The number of hydrogen-bond donors (Lipinski definition) is 0. The summed E-state index contributed by atoms with van der Waals surface area (Å²) in [7, 11) is 3.30. The lowest BCUT2D eigenvalue weighted by Gasteiger charge is -2.31. The Morgan fingerprint density at radius 2 is 1.75 bits per heavy atom. The second-order valence-corrected chi connectivity index (χ2v) is 7.27. The van der Waals surface area contributed by atoms with E-state index in [9.17, 15) is 0 Å². The lowest BCUT2D eigenvalue weighted by Crippen LogP contribution is -2.32. The van der Waals surface area contributed by atoms with Crippen molar-refractivity contribution < 1.29 is 9.47 Å². The summed E-state index contributed by atoms with van der Waals surface area (Å²) in [4.78, 5) is 7.32. The van der Waals surface area contributed by atoms with E-state index in [0.29, 0.717) is 11.5 Å². The molecule has 1 aliphatic heterocycles. The van der Waals surface area contributed by atoms with Gasteiger partial charge in [-0.05, 0) is 50.8 Å². The Labute approximate surface area is 166 Å². The molecule has 0 amide bonds. The summed E-state index contributed by atoms with van der Waals surface area (Å²) in [5, 5.41) is 4.95. The van der Waals surface area contributed by atoms with Gasteiger partial charge in [0.2, 0.25) is 0 Å². The van der Waals surface area contributed by atoms with Gasteiger partial charge in [0.1, 0.15) is 5.82 Å². The molecule has 3 heterocycles. The van der Waals surface area contributed by atoms with Gasteiger partial charge in [-0.15, -0.1) is 0 Å². The number of nitrogens with zero attached hydrogens (tertiary/aromatic N) is 4. The molecule has 3 aromatic rings. The minimum absolute atomic E-state index is 0.701. The Balaban J connectivity index is 1.87. The van der Waals surface area contributed by atoms with Crippen LogP contribution in [0, 0.1) is 6.92 Å². The molecule has 148 valence electrons. The van der Waals surface area contributed by atoms with Gasteiger partial charge in [0, 0.05) is 36.0 Å². The van der Waals surface area contributed by atoms with E-state index in [1.54, 1.807) is 14.2 Å². The highest BCUT2D eigenvalue weighted by Crippen LogP contribution is 2.34. The summed E-state index contributed by atoms with van der Waals surface area (Å²) in [6.07, 6.45) is 4.72. The van der Waals surface area contributed by atoms with Crippen LogP contribution in [0.5, 0.6) is 11.5 Å². The summed E-state index contributed by atoms with van der Waals surface area (Å²) in [5.74, 6) is 2.62. The second-order valence-electron chi connectivity index (χ2n) is 7.27. The summed E-state index contributed by atoms with van der Waals surface area (Å²) < 4.78 is 12.9. The van der Waals surface area contributed by atoms with Crippen molar-refractivity contribution in [1.29, 1.82) is 0 Å². The maximum Gasteiger partial charge on any atom is 0.161 e. The zero-order valence-electron chi connectivity index (χ0n) is 17.2. The number of piperidine rings is 1. The molecule has 6 nitrogen and oxygen atoms in total. The van der Waals surface area contributed by atoms with E-state index < -0.39 is 0 Å². The number of aryl methyl sites for hydroxylation is 1. The zero-order chi connectivity index (χ0) is 19.7. The monoisotopic (exact) mass is 380 g/mol. The van der Waals surface area contributed by atoms with Gasteiger partial charge in [-0.25, -0.2) is 4.98 Å². The third-order valence-electron chi connectivity index (χ3n) is 5.57. The van der Waals surface area contributed by atoms with Crippen LogP contribution < -0.4 is 14.4 Å². The van der Waals surface area contributed by atoms with Gasteiger partial charge in [0.25, 0.3) is 0 Å². The van der Waals surface area contributed by atoms with E-state index in [0.717, 1.165) is 42.1 Å². The van der Waals surface area contributed by atoms with Crippen molar-refractivity contribution in [3.05, 3.63) is 35.5 Å². The molecule has 0 N–H and O–H groups in total. The van der Waals surface area contributed by atoms with Crippen LogP contribution >= 0.6 is 0 Å². The molecule has 4 rings (SSSR count). The number of aromatic nitrogens is 3. The predicted octanol–water partition coefficient (Wildman–Crippen LogP) is 4.27. The molecule has 1 aliphatic rings. The van der Waals surface area contributed by atoms with Crippen LogP contribution in [0.4, 0.5) is 5.82 Å². The Morgan fingerprint density at radius 3 is 2.43 bits per heavy atom. The molecule has 2 aromatic heterocycles. The highest BCUT2D eigenvalue weighted by Gasteiger charge is 2.21. The number of methoxy groups -OCH3 is 2. The Hall–Kier alpha value is -2.76. The minimum atomic E-state index is 0.701. The number of rotatable bonds is 5. The van der Waals surface area contributed by atoms with E-state index in [4.69, 9.17) is 19.6 Å². The first kappa shape index (κ1) is 18.6. The molecule has 6 heteroatoms. The van der Waals surface area contributed by atoms with Crippen LogP contribution in [0.2, 0.25) is 0 Å². The van der Waals surface area contributed by atoms with Crippen LogP contribution in [0.1, 0.15) is 37.4 Å². The van der Waals surface area contributed by atoms with Crippen molar-refractivity contribution in [2.45, 2.75) is 39.5 Å². The highest BCUT2D eigenvalue weighted by molar-refractivity contribution is 5.69. The molecule has 0 atom stereocenters. The fraction of sp³-hybridized carbons (Fsp3) is 0.455. The van der Waals surface area contributed by atoms with Gasteiger partial charge < -0.3 is 14.4 Å². The molecule has 0 spiro atoms. The molecule has 0 bridgehead atoms. The first-order valence-corrected chi connectivity index (χ1v) is 10.0. The topological polar surface area (TPSA) is 51.9 Å².